The summed E-state index contributed by atoms with van der Waals surface area (Å²) in [5.41, 5.74) is 2.47. The average molecular weight is 437 g/mol. The second-order valence-corrected chi connectivity index (χ2v) is 7.75. The average Bonchev–Trinajstić information content (AvgIpc) is 3.29. The highest BCUT2D eigenvalue weighted by atomic mass is 32.1. The van der Waals surface area contributed by atoms with Gasteiger partial charge in [-0.25, -0.2) is 0 Å². The van der Waals surface area contributed by atoms with Crippen molar-refractivity contribution in [2.45, 2.75) is 13.5 Å². The highest BCUT2D eigenvalue weighted by Crippen LogP contribution is 2.27. The van der Waals surface area contributed by atoms with Crippen LogP contribution in [0.2, 0.25) is 0 Å². The van der Waals surface area contributed by atoms with Crippen molar-refractivity contribution in [3.05, 3.63) is 87.2 Å². The van der Waals surface area contributed by atoms with E-state index in [9.17, 15) is 9.59 Å². The molecule has 2 amide bonds. The van der Waals surface area contributed by atoms with Crippen LogP contribution < -0.4 is 20.1 Å². The molecule has 0 saturated heterocycles. The van der Waals surface area contributed by atoms with Gasteiger partial charge in [0.25, 0.3) is 11.8 Å². The molecule has 2 N–H and O–H groups in total. The summed E-state index contributed by atoms with van der Waals surface area (Å²) in [6.07, 6.45) is 1.67. The Labute approximate surface area is 185 Å². The molecule has 0 aliphatic rings. The number of nitrogens with one attached hydrogen (secondary N) is 2. The summed E-state index contributed by atoms with van der Waals surface area (Å²) in [4.78, 5) is 26.5. The maximum Gasteiger partial charge on any atom is 0.268 e. The molecule has 0 bridgehead atoms. The van der Waals surface area contributed by atoms with Gasteiger partial charge < -0.3 is 20.1 Å². The van der Waals surface area contributed by atoms with Gasteiger partial charge in [0, 0.05) is 17.0 Å². The number of rotatable bonds is 8. The minimum Gasteiger partial charge on any atom is -0.493 e. The number of carbonyl (C=O) groups excluding carboxylic acids is 2. The van der Waals surface area contributed by atoms with E-state index in [2.05, 4.69) is 10.6 Å². The van der Waals surface area contributed by atoms with E-state index in [0.29, 0.717) is 17.1 Å². The Morgan fingerprint density at radius 1 is 1.00 bits per heavy atom. The van der Waals surface area contributed by atoms with Gasteiger partial charge in [-0.1, -0.05) is 29.8 Å². The Morgan fingerprint density at radius 2 is 1.81 bits per heavy atom. The smallest absolute Gasteiger partial charge is 0.268 e. The van der Waals surface area contributed by atoms with Crippen molar-refractivity contribution >= 4 is 29.2 Å². The molecule has 0 aliphatic heterocycles. The Balaban J connectivity index is 1.76. The van der Waals surface area contributed by atoms with Crippen LogP contribution in [0.1, 0.15) is 26.4 Å². The quantitative estimate of drug-likeness (QED) is 0.520. The summed E-state index contributed by atoms with van der Waals surface area (Å²) >= 11 is 1.48. The summed E-state index contributed by atoms with van der Waals surface area (Å²) in [7, 11) is 3.13. The molecule has 0 aliphatic carbocycles. The van der Waals surface area contributed by atoms with Crippen molar-refractivity contribution in [1.82, 2.24) is 10.6 Å². The molecule has 0 saturated carbocycles. The molecule has 1 heterocycles. The van der Waals surface area contributed by atoms with Gasteiger partial charge >= 0.3 is 0 Å². The van der Waals surface area contributed by atoms with Crippen LogP contribution in [0, 0.1) is 6.92 Å². The Bertz CT molecular complexity index is 1090. The Hall–Kier alpha value is -3.58. The number of hydrogen-bond acceptors (Lipinski definition) is 5. The second-order valence-electron chi connectivity index (χ2n) is 6.77. The molecule has 7 heteroatoms. The summed E-state index contributed by atoms with van der Waals surface area (Å²) in [6, 6.07) is 16.4. The fourth-order valence-corrected chi connectivity index (χ4v) is 3.58. The maximum atomic E-state index is 12.9. The van der Waals surface area contributed by atoms with Crippen LogP contribution in [0.5, 0.6) is 11.5 Å². The van der Waals surface area contributed by atoms with Gasteiger partial charge in [-0.2, -0.15) is 0 Å². The van der Waals surface area contributed by atoms with Crippen molar-refractivity contribution in [1.29, 1.82) is 0 Å². The molecule has 2 aromatic carbocycles. The number of hydrogen-bond donors (Lipinski definition) is 2. The summed E-state index contributed by atoms with van der Waals surface area (Å²) < 4.78 is 10.5. The van der Waals surface area contributed by atoms with E-state index in [1.165, 1.54) is 11.3 Å². The number of aryl methyl sites for hydroxylation is 1. The lowest BCUT2D eigenvalue weighted by Crippen LogP contribution is -2.34. The first-order valence-corrected chi connectivity index (χ1v) is 10.5. The first-order valence-electron chi connectivity index (χ1n) is 9.62. The standard InChI is InChI=1S/C24H24N2O4S/c1-16-6-4-7-18(12-16)23(27)26-20(14-19-8-5-11-31-19)24(28)25-15-17-9-10-21(29-2)22(13-17)30-3/h4-14H,15H2,1-3H3,(H,25,28)(H,26,27)/b20-14-. The highest BCUT2D eigenvalue weighted by molar-refractivity contribution is 7.10. The molecule has 0 unspecified atom stereocenters. The molecule has 0 atom stereocenters. The minimum atomic E-state index is -0.385. The number of ether oxygens (including phenoxy) is 2. The summed E-state index contributed by atoms with van der Waals surface area (Å²) in [5.74, 6) is 0.467. The minimum absolute atomic E-state index is 0.175. The molecule has 160 valence electrons. The predicted molar refractivity (Wildman–Crippen MR) is 122 cm³/mol. The van der Waals surface area contributed by atoms with Gasteiger partial charge in [-0.3, -0.25) is 9.59 Å². The van der Waals surface area contributed by atoms with E-state index in [-0.39, 0.29) is 24.1 Å². The Morgan fingerprint density at radius 3 is 2.48 bits per heavy atom. The van der Waals surface area contributed by atoms with E-state index in [1.807, 2.05) is 42.6 Å². The van der Waals surface area contributed by atoms with Gasteiger partial charge in [0.05, 0.1) is 14.2 Å². The van der Waals surface area contributed by atoms with Gasteiger partial charge in [-0.15, -0.1) is 11.3 Å². The van der Waals surface area contributed by atoms with Gasteiger partial charge in [0.1, 0.15) is 5.70 Å². The van der Waals surface area contributed by atoms with Crippen molar-refractivity contribution in [2.75, 3.05) is 14.2 Å². The molecule has 0 radical (unpaired) electrons. The number of methoxy groups -OCH3 is 2. The first-order chi connectivity index (χ1) is 15.0. The van der Waals surface area contributed by atoms with E-state index >= 15 is 0 Å². The third-order valence-corrected chi connectivity index (χ3v) is 5.32. The van der Waals surface area contributed by atoms with E-state index in [4.69, 9.17) is 9.47 Å². The van der Waals surface area contributed by atoms with E-state index in [1.54, 1.807) is 44.6 Å². The molecule has 0 spiro atoms. The summed E-state index contributed by atoms with van der Waals surface area (Å²) in [5, 5.41) is 7.51. The van der Waals surface area contributed by atoms with Crippen LogP contribution in [-0.2, 0) is 11.3 Å². The zero-order chi connectivity index (χ0) is 22.2. The van der Waals surface area contributed by atoms with Crippen molar-refractivity contribution < 1.29 is 19.1 Å². The van der Waals surface area contributed by atoms with Gasteiger partial charge in [0.2, 0.25) is 0 Å². The zero-order valence-corrected chi connectivity index (χ0v) is 18.4. The molecular formula is C24H24N2O4S. The fourth-order valence-electron chi connectivity index (χ4n) is 2.92. The SMILES string of the molecule is COc1ccc(CNC(=O)/C(=C/c2cccs2)NC(=O)c2cccc(C)c2)cc1OC. The topological polar surface area (TPSA) is 76.7 Å². The molecule has 31 heavy (non-hydrogen) atoms. The van der Waals surface area contributed by atoms with Gasteiger partial charge in [-0.05, 0) is 54.3 Å². The van der Waals surface area contributed by atoms with Crippen LogP contribution >= 0.6 is 11.3 Å². The lowest BCUT2D eigenvalue weighted by molar-refractivity contribution is -0.117. The van der Waals surface area contributed by atoms with Crippen molar-refractivity contribution in [3.63, 3.8) is 0 Å². The van der Waals surface area contributed by atoms with Crippen LogP contribution in [0.4, 0.5) is 0 Å². The van der Waals surface area contributed by atoms with E-state index < -0.39 is 0 Å². The Kier molecular flexibility index (Phi) is 7.45. The van der Waals surface area contributed by atoms with Crippen LogP contribution in [0.15, 0.2) is 65.7 Å². The molecule has 6 nitrogen and oxygen atoms in total. The monoisotopic (exact) mass is 436 g/mol. The lowest BCUT2D eigenvalue weighted by atomic mass is 10.1. The molecule has 3 aromatic rings. The maximum absolute atomic E-state index is 12.9. The zero-order valence-electron chi connectivity index (χ0n) is 17.6. The first kappa shape index (κ1) is 22.1. The van der Waals surface area contributed by atoms with Crippen molar-refractivity contribution in [2.24, 2.45) is 0 Å². The van der Waals surface area contributed by atoms with E-state index in [0.717, 1.165) is 16.0 Å². The second kappa shape index (κ2) is 10.4. The largest absolute Gasteiger partial charge is 0.493 e. The highest BCUT2D eigenvalue weighted by Gasteiger charge is 2.15. The van der Waals surface area contributed by atoms with Crippen LogP contribution in [-0.4, -0.2) is 26.0 Å². The number of carbonyl (C=O) groups is 2. The molecule has 0 fully saturated rings. The normalized spacial score (nSPS) is 11.0. The third kappa shape index (κ3) is 5.96. The predicted octanol–water partition coefficient (Wildman–Crippen LogP) is 4.16. The number of amides is 2. The fraction of sp³-hybridized carbons (Fsp3) is 0.167. The lowest BCUT2D eigenvalue weighted by Gasteiger charge is -2.13. The van der Waals surface area contributed by atoms with Gasteiger partial charge in [0.15, 0.2) is 11.5 Å². The molecule has 1 aromatic heterocycles. The van der Waals surface area contributed by atoms with Crippen LogP contribution in [0.25, 0.3) is 6.08 Å². The van der Waals surface area contributed by atoms with Crippen molar-refractivity contribution in [3.8, 4) is 11.5 Å². The summed E-state index contributed by atoms with van der Waals surface area (Å²) in [6.45, 7) is 2.18. The molecular weight excluding hydrogens is 412 g/mol. The van der Waals surface area contributed by atoms with Crippen LogP contribution in [0.3, 0.4) is 0 Å². The number of benzene rings is 2. The third-order valence-electron chi connectivity index (χ3n) is 4.50. The molecule has 3 rings (SSSR count). The number of thiophene rings is 1.